The maximum atomic E-state index is 2.46. The molecule has 3 aromatic carbocycles. The molecule has 0 atom stereocenters. The molecule has 0 saturated heterocycles. The minimum atomic E-state index is -0.278. The zero-order valence-electron chi connectivity index (χ0n) is 21.9. The summed E-state index contributed by atoms with van der Waals surface area (Å²) in [6, 6.07) is 20.0. The Bertz CT molecular complexity index is 1410. The fourth-order valence-electron chi connectivity index (χ4n) is 5.80. The zero-order chi connectivity index (χ0) is 26.4. The van der Waals surface area contributed by atoms with Crippen LogP contribution in [0.25, 0.3) is 10.8 Å². The van der Waals surface area contributed by atoms with Gasteiger partial charge in [-0.05, 0) is 49.9 Å². The number of halogens is 3. The first kappa shape index (κ1) is 33.8. The SMILES string of the molecule is C.C.Cc1ccc2c(c1)C(C)(C)C(=CC=CC1=[N+](C)c3c(ccc4ccccc34)C1(C)C)N2C.[I][V]([I])[I]. The molecule has 0 unspecified atom stereocenters. The van der Waals surface area contributed by atoms with Crippen LogP contribution in [-0.2, 0) is 15.8 Å². The quantitative estimate of drug-likeness (QED) is 0.184. The van der Waals surface area contributed by atoms with Crippen LogP contribution in [0.5, 0.6) is 0 Å². The van der Waals surface area contributed by atoms with Gasteiger partial charge in [-0.2, -0.15) is 4.58 Å². The summed E-state index contributed by atoms with van der Waals surface area (Å²) < 4.78 is 2.38. The Hall–Kier alpha value is -0.356. The van der Waals surface area contributed by atoms with Gasteiger partial charge in [-0.15, -0.1) is 0 Å². The molecular formula is C32H41I3N2V+. The van der Waals surface area contributed by atoms with Crippen LogP contribution in [0.2, 0.25) is 0 Å². The Morgan fingerprint density at radius 2 is 1.50 bits per heavy atom. The average molecular weight is 885 g/mol. The molecule has 2 heterocycles. The molecule has 6 heteroatoms. The summed E-state index contributed by atoms with van der Waals surface area (Å²) in [5.74, 6) is 0. The van der Waals surface area contributed by atoms with Gasteiger partial charge in [0.25, 0.3) is 0 Å². The molecular weight excluding hydrogens is 844 g/mol. The van der Waals surface area contributed by atoms with E-state index in [9.17, 15) is 0 Å². The van der Waals surface area contributed by atoms with E-state index in [1.54, 1.807) is 0 Å². The van der Waals surface area contributed by atoms with Crippen LogP contribution in [0.4, 0.5) is 11.4 Å². The Labute approximate surface area is 268 Å². The van der Waals surface area contributed by atoms with E-state index in [4.69, 9.17) is 0 Å². The molecule has 0 N–H and O–H groups in total. The van der Waals surface area contributed by atoms with Crippen LogP contribution in [0.1, 0.15) is 59.2 Å². The molecule has 0 radical (unpaired) electrons. The van der Waals surface area contributed by atoms with Crippen molar-refractivity contribution in [1.82, 2.24) is 0 Å². The van der Waals surface area contributed by atoms with Gasteiger partial charge in [0.15, 0.2) is 5.71 Å². The molecule has 0 amide bonds. The number of aryl methyl sites for hydroxylation is 1. The number of benzene rings is 3. The van der Waals surface area contributed by atoms with Gasteiger partial charge in [0.2, 0.25) is 5.69 Å². The first-order valence-corrected chi connectivity index (χ1v) is 25.5. The van der Waals surface area contributed by atoms with Crippen molar-refractivity contribution < 1.29 is 9.50 Å². The summed E-state index contributed by atoms with van der Waals surface area (Å²) in [6.07, 6.45) is 6.85. The van der Waals surface area contributed by atoms with Gasteiger partial charge in [0.1, 0.15) is 7.05 Å². The summed E-state index contributed by atoms with van der Waals surface area (Å²) in [7, 11) is 4.39. The van der Waals surface area contributed by atoms with Gasteiger partial charge in [-0.25, -0.2) is 0 Å². The van der Waals surface area contributed by atoms with Crippen molar-refractivity contribution in [3.63, 3.8) is 0 Å². The molecule has 3 aromatic rings. The van der Waals surface area contributed by atoms with Gasteiger partial charge < -0.3 is 4.90 Å². The van der Waals surface area contributed by atoms with Crippen LogP contribution in [-0.4, -0.2) is 24.4 Å². The third-order valence-corrected chi connectivity index (χ3v) is 7.61. The maximum absolute atomic E-state index is 2.46. The van der Waals surface area contributed by atoms with Crippen LogP contribution in [0, 0.1) is 6.92 Å². The molecule has 0 spiro atoms. The number of hydrogen-bond acceptors (Lipinski definition) is 1. The molecule has 0 saturated carbocycles. The Balaban J connectivity index is 0.000000791. The second kappa shape index (κ2) is 13.1. The van der Waals surface area contributed by atoms with Gasteiger partial charge in [0.05, 0.1) is 10.8 Å². The van der Waals surface area contributed by atoms with E-state index in [-0.39, 0.29) is 30.6 Å². The zero-order valence-corrected chi connectivity index (χ0v) is 29.8. The van der Waals surface area contributed by atoms with Gasteiger partial charge >= 0.3 is 64.9 Å². The van der Waals surface area contributed by atoms with Gasteiger partial charge in [0, 0.05) is 35.5 Å². The van der Waals surface area contributed by atoms with Crippen LogP contribution >= 0.6 is 59.9 Å². The van der Waals surface area contributed by atoms with Crippen molar-refractivity contribution in [2.24, 2.45) is 0 Å². The van der Waals surface area contributed by atoms with Crippen molar-refractivity contribution in [2.75, 3.05) is 19.0 Å². The molecule has 0 aromatic heterocycles. The fraction of sp³-hybridized carbons (Fsp3) is 0.344. The Kier molecular flexibility index (Phi) is 11.7. The average Bonchev–Trinajstić information content (AvgIpc) is 3.12. The Morgan fingerprint density at radius 3 is 2.16 bits per heavy atom. The molecule has 0 aliphatic carbocycles. The van der Waals surface area contributed by atoms with Crippen molar-refractivity contribution in [3.8, 4) is 0 Å². The number of fused-ring (bicyclic) bond motifs is 4. The summed E-state index contributed by atoms with van der Waals surface area (Å²) in [6.45, 7) is 11.5. The number of rotatable bonds is 2. The van der Waals surface area contributed by atoms with E-state index < -0.39 is 0 Å². The third-order valence-electron chi connectivity index (χ3n) is 7.61. The van der Waals surface area contributed by atoms with Crippen molar-refractivity contribution in [1.29, 1.82) is 0 Å². The van der Waals surface area contributed by atoms with E-state index in [2.05, 4.69) is 191 Å². The second-order valence-corrected chi connectivity index (χ2v) is 45.9. The molecule has 204 valence electrons. The van der Waals surface area contributed by atoms with E-state index >= 15 is 0 Å². The summed E-state index contributed by atoms with van der Waals surface area (Å²) in [5, 5.41) is 2.62. The molecule has 5 rings (SSSR count). The van der Waals surface area contributed by atoms with Gasteiger partial charge in [-0.1, -0.05) is 82.8 Å². The van der Waals surface area contributed by atoms with Gasteiger partial charge in [-0.3, -0.25) is 0 Å². The van der Waals surface area contributed by atoms with Crippen LogP contribution in [0.3, 0.4) is 0 Å². The number of hydrogen-bond donors (Lipinski definition) is 0. The summed E-state index contributed by atoms with van der Waals surface area (Å²) in [5.41, 5.74) is 9.37. The molecule has 2 aliphatic heterocycles. The van der Waals surface area contributed by atoms with E-state index in [0.29, 0.717) is 0 Å². The number of likely N-dealkylation sites (N-methyl/N-ethyl adjacent to an activating group) is 1. The van der Waals surface area contributed by atoms with Crippen molar-refractivity contribution in [2.45, 2.75) is 60.3 Å². The number of anilines is 1. The van der Waals surface area contributed by atoms with E-state index in [1.165, 1.54) is 50.2 Å². The standard InChI is InChI=1S/C30H33N2.2CH4.3HI.V/c1-20-15-18-25-24(19-20)30(4,5)26(31(25)6)13-10-14-27-29(2,3)23-17-16-21-11-8-9-12-22(21)28(23)32(27)7;;;;;;/h8-19H,1-7H3;2*1H4;3*1H;/q+1;;;;;;+3/p-3. The molecule has 0 bridgehead atoms. The molecule has 38 heavy (non-hydrogen) atoms. The Morgan fingerprint density at radius 1 is 0.868 bits per heavy atom. The fourth-order valence-corrected chi connectivity index (χ4v) is 5.80. The summed E-state index contributed by atoms with van der Waals surface area (Å²) >= 11 is 7.39. The van der Waals surface area contributed by atoms with Crippen molar-refractivity contribution in [3.05, 3.63) is 95.2 Å². The third kappa shape index (κ3) is 6.26. The number of nitrogens with zero attached hydrogens (tertiary/aromatic N) is 2. The predicted octanol–water partition coefficient (Wildman–Crippen LogP) is 10.9. The molecule has 2 aliphatic rings. The first-order valence-electron chi connectivity index (χ1n) is 12.0. The van der Waals surface area contributed by atoms with E-state index in [1.807, 2.05) is 0 Å². The topological polar surface area (TPSA) is 6.25 Å². The molecule has 0 fully saturated rings. The summed E-state index contributed by atoms with van der Waals surface area (Å²) in [4.78, 5) is 2.07. The number of allylic oxidation sites excluding steroid dienone is 4. The van der Waals surface area contributed by atoms with Crippen LogP contribution in [0.15, 0.2) is 78.5 Å². The minimum absolute atomic E-state index is 0. The predicted molar refractivity (Wildman–Crippen MR) is 193 cm³/mol. The normalized spacial score (nSPS) is 17.8. The van der Waals surface area contributed by atoms with Crippen LogP contribution < -0.4 is 4.90 Å². The monoisotopic (exact) mass is 885 g/mol. The first-order chi connectivity index (χ1) is 16.9. The molecule has 2 nitrogen and oxygen atoms in total. The van der Waals surface area contributed by atoms with E-state index in [0.717, 1.165) is 0 Å². The second-order valence-electron chi connectivity index (χ2n) is 10.6. The van der Waals surface area contributed by atoms with Crippen molar-refractivity contribution >= 4 is 87.8 Å².